The van der Waals surface area contributed by atoms with Gasteiger partial charge in [0.1, 0.15) is 21.2 Å². The Morgan fingerprint density at radius 1 is 1.34 bits per heavy atom. The lowest BCUT2D eigenvalue weighted by molar-refractivity contribution is -0.0950. The second kappa shape index (κ2) is 12.4. The number of ether oxygens (including phenoxy) is 1. The van der Waals surface area contributed by atoms with Crippen LogP contribution in [0, 0.1) is 5.41 Å². The van der Waals surface area contributed by atoms with Gasteiger partial charge in [-0.1, -0.05) is 25.4 Å². The molecule has 0 radical (unpaired) electrons. The summed E-state index contributed by atoms with van der Waals surface area (Å²) in [7, 11) is -3.43. The maximum Gasteiger partial charge on any atom is 0.387 e. The summed E-state index contributed by atoms with van der Waals surface area (Å²) in [5.41, 5.74) is -3.60. The van der Waals surface area contributed by atoms with E-state index in [0.29, 0.717) is 0 Å². The third-order valence-electron chi connectivity index (χ3n) is 7.20. The zero-order valence-corrected chi connectivity index (χ0v) is 24.4. The van der Waals surface area contributed by atoms with Crippen LogP contribution in [0.25, 0.3) is 11.3 Å². The predicted octanol–water partition coefficient (Wildman–Crippen LogP) is 3.47. The van der Waals surface area contributed by atoms with Crippen LogP contribution < -0.4 is 10.1 Å². The van der Waals surface area contributed by atoms with E-state index in [4.69, 9.17) is 11.6 Å². The molecule has 0 spiro atoms. The first kappa shape index (κ1) is 33.0. The van der Waals surface area contributed by atoms with Gasteiger partial charge in [0.2, 0.25) is 6.43 Å². The topological polar surface area (TPSA) is 144 Å². The highest BCUT2D eigenvalue weighted by Crippen LogP contribution is 2.39. The number of aliphatic hydroxyl groups excluding tert-OH is 1. The number of nitrogens with zero attached hydrogens (tertiary/aromatic N) is 3. The van der Waals surface area contributed by atoms with Gasteiger partial charge in [0, 0.05) is 49.1 Å². The molecule has 41 heavy (non-hydrogen) atoms. The van der Waals surface area contributed by atoms with E-state index in [0.717, 1.165) is 18.5 Å². The van der Waals surface area contributed by atoms with Crippen LogP contribution >= 0.6 is 11.6 Å². The molecule has 0 saturated heterocycles. The number of alkyl halides is 4. The number of halogens is 5. The number of rotatable bonds is 11. The molecule has 3 unspecified atom stereocenters. The highest BCUT2D eigenvalue weighted by Gasteiger charge is 2.44. The molecule has 2 heterocycles. The fraction of sp³-hybridized carbons (Fsp3) is 0.640. The van der Waals surface area contributed by atoms with Crippen LogP contribution in [0.4, 0.5) is 17.6 Å². The Labute approximate surface area is 240 Å². The van der Waals surface area contributed by atoms with Gasteiger partial charge in [0.15, 0.2) is 5.69 Å². The van der Waals surface area contributed by atoms with Crippen molar-refractivity contribution in [3.05, 3.63) is 28.7 Å². The van der Waals surface area contributed by atoms with Gasteiger partial charge in [-0.05, 0) is 26.2 Å². The number of nitrogens with one attached hydrogen (secondary N) is 1. The summed E-state index contributed by atoms with van der Waals surface area (Å²) >= 11 is 6.50. The molecule has 1 aliphatic rings. The van der Waals surface area contributed by atoms with Gasteiger partial charge in [-0.3, -0.25) is 14.5 Å². The summed E-state index contributed by atoms with van der Waals surface area (Å²) in [5, 5.41) is 26.8. The van der Waals surface area contributed by atoms with Gasteiger partial charge in [-0.25, -0.2) is 17.2 Å². The molecular weight excluding hydrogens is 596 g/mol. The standard InChI is InChI=1S/C25H33ClF4N4O6S/c1-5-34-20(15-11-31-13(8-16(15)40-23(29)30)10-24(2,3)22(27)28)18(26)19(33-34)21(36)32-12-25(37)7-6-14(9-17(25)35)41(4,38)39/h8,11,14,17,22-23,35,37H,5-7,9-10,12H2,1-4H3,(H,32,36). The monoisotopic (exact) mass is 628 g/mol. The normalized spacial score (nSPS) is 21.9. The first-order valence-corrected chi connectivity index (χ1v) is 15.1. The first-order valence-electron chi connectivity index (χ1n) is 12.8. The fourth-order valence-corrected chi connectivity index (χ4v) is 6.04. The number of carbonyl (C=O) groups excluding carboxylic acids is 1. The average molecular weight is 629 g/mol. The molecule has 2 aromatic rings. The molecule has 3 atom stereocenters. The highest BCUT2D eigenvalue weighted by atomic mass is 35.5. The molecular formula is C25H33ClF4N4O6S. The van der Waals surface area contributed by atoms with Crippen molar-refractivity contribution in [3.8, 4) is 17.0 Å². The van der Waals surface area contributed by atoms with Gasteiger partial charge in [-0.15, -0.1) is 0 Å². The quantitative estimate of drug-likeness (QED) is 0.321. The van der Waals surface area contributed by atoms with Crippen LogP contribution in [0.3, 0.4) is 0 Å². The van der Waals surface area contributed by atoms with Crippen LogP contribution in [-0.4, -0.2) is 82.1 Å². The Balaban J connectivity index is 1.90. The van der Waals surface area contributed by atoms with Crippen LogP contribution in [0.15, 0.2) is 12.3 Å². The zero-order valence-electron chi connectivity index (χ0n) is 22.9. The Morgan fingerprint density at radius 3 is 2.54 bits per heavy atom. The molecule has 10 nitrogen and oxygen atoms in total. The number of carbonyl (C=O) groups is 1. The minimum absolute atomic E-state index is 0.00884. The van der Waals surface area contributed by atoms with Gasteiger partial charge < -0.3 is 20.3 Å². The third-order valence-corrected chi connectivity index (χ3v) is 9.19. The van der Waals surface area contributed by atoms with Crippen LogP contribution in [0.2, 0.25) is 5.02 Å². The number of aryl methyl sites for hydroxylation is 1. The minimum Gasteiger partial charge on any atom is -0.434 e. The van der Waals surface area contributed by atoms with Gasteiger partial charge in [-0.2, -0.15) is 13.9 Å². The number of aliphatic hydroxyl groups is 2. The average Bonchev–Trinajstić information content (AvgIpc) is 3.19. The lowest BCUT2D eigenvalue weighted by Gasteiger charge is -2.39. The molecule has 1 saturated carbocycles. The SMILES string of the molecule is CCn1nc(C(=O)NCC2(O)CCC(S(C)(=O)=O)CC2O)c(Cl)c1-c1cnc(CC(C)(C)C(F)F)cc1OC(F)F. The second-order valence-electron chi connectivity index (χ2n) is 10.9. The molecule has 1 fully saturated rings. The van der Waals surface area contributed by atoms with Crippen molar-refractivity contribution >= 4 is 27.3 Å². The van der Waals surface area contributed by atoms with Crippen molar-refractivity contribution in [2.45, 2.75) is 83.0 Å². The summed E-state index contributed by atoms with van der Waals surface area (Å²) in [5.74, 6) is -1.26. The smallest absolute Gasteiger partial charge is 0.387 e. The van der Waals surface area contributed by atoms with Gasteiger partial charge >= 0.3 is 6.61 Å². The van der Waals surface area contributed by atoms with Crippen LogP contribution in [0.1, 0.15) is 56.2 Å². The number of aromatic nitrogens is 3. The van der Waals surface area contributed by atoms with Gasteiger partial charge in [0.25, 0.3) is 5.91 Å². The van der Waals surface area contributed by atoms with Crippen molar-refractivity contribution in [3.63, 3.8) is 0 Å². The van der Waals surface area contributed by atoms with Crippen molar-refractivity contribution in [2.75, 3.05) is 12.8 Å². The predicted molar refractivity (Wildman–Crippen MR) is 142 cm³/mol. The molecule has 3 rings (SSSR count). The van der Waals surface area contributed by atoms with E-state index in [2.05, 4.69) is 20.1 Å². The minimum atomic E-state index is -3.43. The molecule has 2 aromatic heterocycles. The number of hydrogen-bond donors (Lipinski definition) is 3. The number of pyridine rings is 1. The Kier molecular flexibility index (Phi) is 9.98. The maximum atomic E-state index is 13.4. The second-order valence-corrected chi connectivity index (χ2v) is 13.6. The summed E-state index contributed by atoms with van der Waals surface area (Å²) in [6.07, 6.45) is -2.40. The van der Waals surface area contributed by atoms with E-state index >= 15 is 0 Å². The summed E-state index contributed by atoms with van der Waals surface area (Å²) in [4.78, 5) is 17.2. The summed E-state index contributed by atoms with van der Waals surface area (Å²) in [6, 6.07) is 1.11. The molecule has 3 N–H and O–H groups in total. The largest absolute Gasteiger partial charge is 0.434 e. The molecule has 0 bridgehead atoms. The van der Waals surface area contributed by atoms with E-state index < -0.39 is 63.4 Å². The third kappa shape index (κ3) is 7.48. The van der Waals surface area contributed by atoms with Crippen LogP contribution in [-0.2, 0) is 22.8 Å². The number of sulfone groups is 1. The Morgan fingerprint density at radius 2 is 2.00 bits per heavy atom. The summed E-state index contributed by atoms with van der Waals surface area (Å²) < 4.78 is 82.9. The van der Waals surface area contributed by atoms with E-state index in [1.165, 1.54) is 18.5 Å². The van der Waals surface area contributed by atoms with E-state index in [9.17, 15) is 41.0 Å². The van der Waals surface area contributed by atoms with Crippen molar-refractivity contribution < 1.29 is 45.7 Å². The number of amides is 1. The highest BCUT2D eigenvalue weighted by molar-refractivity contribution is 7.91. The van der Waals surface area contributed by atoms with E-state index in [1.807, 2.05) is 0 Å². The van der Waals surface area contributed by atoms with Crippen molar-refractivity contribution in [2.24, 2.45) is 5.41 Å². The molecule has 16 heteroatoms. The molecule has 1 amide bonds. The van der Waals surface area contributed by atoms with Crippen LogP contribution in [0.5, 0.6) is 5.75 Å². The fourth-order valence-electron chi connectivity index (χ4n) is 4.64. The molecule has 0 aliphatic heterocycles. The molecule has 1 aliphatic carbocycles. The zero-order chi connectivity index (χ0) is 30.9. The lowest BCUT2D eigenvalue weighted by Crippen LogP contribution is -2.56. The van der Waals surface area contributed by atoms with Crippen molar-refractivity contribution in [1.29, 1.82) is 0 Å². The summed E-state index contributed by atoms with van der Waals surface area (Å²) in [6.45, 7) is 0.685. The lowest BCUT2D eigenvalue weighted by atomic mass is 9.82. The number of hydrogen-bond acceptors (Lipinski definition) is 8. The Bertz CT molecular complexity index is 1370. The molecule has 0 aromatic carbocycles. The Hall–Kier alpha value is -2.49. The van der Waals surface area contributed by atoms with Crippen molar-refractivity contribution in [1.82, 2.24) is 20.1 Å². The maximum absolute atomic E-state index is 13.4. The molecule has 230 valence electrons. The van der Waals surface area contributed by atoms with E-state index in [1.54, 1.807) is 6.92 Å². The first-order chi connectivity index (χ1) is 18.9. The van der Waals surface area contributed by atoms with Gasteiger partial charge in [0.05, 0.1) is 27.6 Å². The van der Waals surface area contributed by atoms with E-state index in [-0.39, 0.29) is 59.9 Å².